The highest BCUT2D eigenvalue weighted by Gasteiger charge is 2.30. The van der Waals surface area contributed by atoms with Crippen LogP contribution >= 0.6 is 0 Å². The van der Waals surface area contributed by atoms with E-state index in [0.29, 0.717) is 32.0 Å². The molecule has 2 fully saturated rings. The van der Waals surface area contributed by atoms with Crippen molar-refractivity contribution in [3.8, 4) is 0 Å². The van der Waals surface area contributed by atoms with Crippen molar-refractivity contribution in [3.63, 3.8) is 0 Å². The van der Waals surface area contributed by atoms with Gasteiger partial charge in [-0.05, 0) is 25.7 Å². The van der Waals surface area contributed by atoms with Gasteiger partial charge in [0.05, 0.1) is 12.5 Å². The van der Waals surface area contributed by atoms with Crippen LogP contribution in [0.15, 0.2) is 0 Å². The van der Waals surface area contributed by atoms with Crippen molar-refractivity contribution in [1.82, 2.24) is 9.80 Å². The predicted octanol–water partition coefficient (Wildman–Crippen LogP) is 1.26. The summed E-state index contributed by atoms with van der Waals surface area (Å²) < 4.78 is 5.43. The Morgan fingerprint density at radius 1 is 1.35 bits per heavy atom. The van der Waals surface area contributed by atoms with E-state index in [1.54, 1.807) is 16.8 Å². The highest BCUT2D eigenvalue weighted by molar-refractivity contribution is 5.76. The molecule has 0 spiro atoms. The first-order valence-electron chi connectivity index (χ1n) is 7.38. The van der Waals surface area contributed by atoms with Crippen LogP contribution in [0.3, 0.4) is 0 Å². The minimum Gasteiger partial charge on any atom is -0.481 e. The first kappa shape index (κ1) is 15.1. The van der Waals surface area contributed by atoms with E-state index in [1.807, 2.05) is 0 Å². The number of rotatable bonds is 3. The van der Waals surface area contributed by atoms with Crippen LogP contribution in [0.5, 0.6) is 0 Å². The summed E-state index contributed by atoms with van der Waals surface area (Å²) in [5, 5.41) is 9.07. The minimum atomic E-state index is -0.800. The van der Waals surface area contributed by atoms with Gasteiger partial charge in [-0.3, -0.25) is 4.79 Å². The normalized spacial score (nSPS) is 27.1. The molecule has 0 saturated carbocycles. The molecule has 2 rings (SSSR count). The van der Waals surface area contributed by atoms with E-state index in [0.717, 1.165) is 32.5 Å². The number of ether oxygens (including phenoxy) is 1. The number of carbonyl (C=O) groups is 2. The molecule has 0 aromatic heterocycles. The number of hydrogen-bond acceptors (Lipinski definition) is 3. The molecule has 114 valence electrons. The third-order valence-corrected chi connectivity index (χ3v) is 4.15. The number of aliphatic carboxylic acids is 1. The van der Waals surface area contributed by atoms with E-state index in [1.165, 1.54) is 0 Å². The van der Waals surface area contributed by atoms with Gasteiger partial charge < -0.3 is 19.6 Å². The van der Waals surface area contributed by atoms with Gasteiger partial charge in [-0.1, -0.05) is 0 Å². The molecule has 6 nitrogen and oxygen atoms in total. The van der Waals surface area contributed by atoms with Gasteiger partial charge in [0.15, 0.2) is 0 Å². The van der Waals surface area contributed by atoms with Crippen LogP contribution in [-0.4, -0.2) is 66.8 Å². The molecule has 2 heterocycles. The minimum absolute atomic E-state index is 0.0541. The summed E-state index contributed by atoms with van der Waals surface area (Å²) in [6, 6.07) is -0.0541. The van der Waals surface area contributed by atoms with Crippen molar-refractivity contribution in [2.75, 3.05) is 39.9 Å². The standard InChI is InChI=1S/C14H24N2O4/c1-15(8-11-4-3-7-20-10-11)14(19)16-6-2-5-12(9-16)13(17)18/h11-12H,2-10H2,1H3,(H,17,18)/t11?,12-/m1/s1. The first-order valence-corrected chi connectivity index (χ1v) is 7.38. The zero-order valence-electron chi connectivity index (χ0n) is 12.1. The molecule has 0 bridgehead atoms. The topological polar surface area (TPSA) is 70.1 Å². The van der Waals surface area contributed by atoms with E-state index in [-0.39, 0.29) is 6.03 Å². The summed E-state index contributed by atoms with van der Waals surface area (Å²) in [5.74, 6) is -0.817. The Labute approximate surface area is 119 Å². The average Bonchev–Trinajstić information content (AvgIpc) is 2.47. The lowest BCUT2D eigenvalue weighted by Crippen LogP contribution is -2.49. The Kier molecular flexibility index (Phi) is 5.23. The lowest BCUT2D eigenvalue weighted by atomic mass is 9.98. The summed E-state index contributed by atoms with van der Waals surface area (Å²) >= 11 is 0. The number of carbonyl (C=O) groups excluding carboxylic acids is 1. The molecule has 0 aromatic rings. The highest BCUT2D eigenvalue weighted by atomic mass is 16.5. The molecule has 2 atom stereocenters. The van der Waals surface area contributed by atoms with Crippen molar-refractivity contribution < 1.29 is 19.4 Å². The van der Waals surface area contributed by atoms with Crippen molar-refractivity contribution in [2.45, 2.75) is 25.7 Å². The third-order valence-electron chi connectivity index (χ3n) is 4.15. The third kappa shape index (κ3) is 3.85. The second-order valence-electron chi connectivity index (χ2n) is 5.87. The van der Waals surface area contributed by atoms with Gasteiger partial charge in [0.2, 0.25) is 0 Å². The molecule has 2 aliphatic heterocycles. The largest absolute Gasteiger partial charge is 0.481 e. The SMILES string of the molecule is CN(CC1CCCOC1)C(=O)N1CCC[C@@H](C(=O)O)C1. The Hall–Kier alpha value is -1.30. The Morgan fingerprint density at radius 3 is 2.80 bits per heavy atom. The van der Waals surface area contributed by atoms with Gasteiger partial charge in [0, 0.05) is 39.2 Å². The maximum absolute atomic E-state index is 12.4. The fraction of sp³-hybridized carbons (Fsp3) is 0.857. The van der Waals surface area contributed by atoms with Gasteiger partial charge in [-0.25, -0.2) is 4.79 Å². The van der Waals surface area contributed by atoms with Crippen LogP contribution in [0.4, 0.5) is 4.79 Å². The number of hydrogen-bond donors (Lipinski definition) is 1. The summed E-state index contributed by atoms with van der Waals surface area (Å²) in [7, 11) is 1.79. The fourth-order valence-corrected chi connectivity index (χ4v) is 3.01. The lowest BCUT2D eigenvalue weighted by Gasteiger charge is -2.35. The van der Waals surface area contributed by atoms with E-state index < -0.39 is 11.9 Å². The summed E-state index contributed by atoms with van der Waals surface area (Å²) in [4.78, 5) is 26.8. The summed E-state index contributed by atoms with van der Waals surface area (Å²) in [5.41, 5.74) is 0. The molecule has 1 N–H and O–H groups in total. The van der Waals surface area contributed by atoms with E-state index in [9.17, 15) is 9.59 Å². The molecule has 0 radical (unpaired) electrons. The Bertz CT molecular complexity index is 355. The second-order valence-corrected chi connectivity index (χ2v) is 5.87. The molecular formula is C14H24N2O4. The number of urea groups is 1. The number of carboxylic acid groups (broad SMARTS) is 1. The van der Waals surface area contributed by atoms with Crippen molar-refractivity contribution in [1.29, 1.82) is 0 Å². The van der Waals surface area contributed by atoms with E-state index in [4.69, 9.17) is 9.84 Å². The zero-order valence-corrected chi connectivity index (χ0v) is 12.1. The number of carboxylic acids is 1. The van der Waals surface area contributed by atoms with Gasteiger partial charge in [-0.2, -0.15) is 0 Å². The van der Waals surface area contributed by atoms with Gasteiger partial charge >= 0.3 is 12.0 Å². The molecule has 1 unspecified atom stereocenters. The maximum atomic E-state index is 12.4. The van der Waals surface area contributed by atoms with Crippen LogP contribution in [-0.2, 0) is 9.53 Å². The van der Waals surface area contributed by atoms with Crippen LogP contribution in [0.1, 0.15) is 25.7 Å². The van der Waals surface area contributed by atoms with Gasteiger partial charge in [-0.15, -0.1) is 0 Å². The average molecular weight is 284 g/mol. The Balaban J connectivity index is 1.84. The van der Waals surface area contributed by atoms with Crippen molar-refractivity contribution >= 4 is 12.0 Å². The second kappa shape index (κ2) is 6.92. The van der Waals surface area contributed by atoms with Crippen molar-refractivity contribution in [3.05, 3.63) is 0 Å². The molecule has 2 amide bonds. The number of nitrogens with zero attached hydrogens (tertiary/aromatic N) is 2. The molecule has 20 heavy (non-hydrogen) atoms. The molecule has 0 aromatic carbocycles. The fourth-order valence-electron chi connectivity index (χ4n) is 3.01. The molecule has 2 aliphatic rings. The molecule has 0 aliphatic carbocycles. The number of piperidine rings is 1. The summed E-state index contributed by atoms with van der Waals surface area (Å²) in [6.07, 6.45) is 3.58. The maximum Gasteiger partial charge on any atom is 0.319 e. The number of likely N-dealkylation sites (tertiary alicyclic amines) is 1. The van der Waals surface area contributed by atoms with Crippen LogP contribution < -0.4 is 0 Å². The van der Waals surface area contributed by atoms with Crippen LogP contribution in [0, 0.1) is 11.8 Å². The summed E-state index contributed by atoms with van der Waals surface area (Å²) in [6.45, 7) is 3.22. The number of amides is 2. The van der Waals surface area contributed by atoms with Crippen molar-refractivity contribution in [2.24, 2.45) is 11.8 Å². The zero-order chi connectivity index (χ0) is 14.5. The molecule has 2 saturated heterocycles. The lowest BCUT2D eigenvalue weighted by molar-refractivity contribution is -0.143. The smallest absolute Gasteiger partial charge is 0.319 e. The highest BCUT2D eigenvalue weighted by Crippen LogP contribution is 2.19. The quantitative estimate of drug-likeness (QED) is 0.847. The predicted molar refractivity (Wildman–Crippen MR) is 73.5 cm³/mol. The monoisotopic (exact) mass is 284 g/mol. The van der Waals surface area contributed by atoms with Gasteiger partial charge in [0.1, 0.15) is 0 Å². The van der Waals surface area contributed by atoms with Gasteiger partial charge in [0.25, 0.3) is 0 Å². The van der Waals surface area contributed by atoms with E-state index >= 15 is 0 Å². The molecular weight excluding hydrogens is 260 g/mol. The first-order chi connectivity index (χ1) is 9.58. The Morgan fingerprint density at radius 2 is 2.15 bits per heavy atom. The van der Waals surface area contributed by atoms with E-state index in [2.05, 4.69) is 0 Å². The van der Waals surface area contributed by atoms with Crippen LogP contribution in [0.2, 0.25) is 0 Å². The van der Waals surface area contributed by atoms with Crippen LogP contribution in [0.25, 0.3) is 0 Å². The molecule has 6 heteroatoms.